The number of carbonyl (C=O) groups is 1. The van der Waals surface area contributed by atoms with Crippen molar-refractivity contribution in [3.05, 3.63) is 0 Å². The molecule has 0 aliphatic heterocycles. The van der Waals surface area contributed by atoms with Gasteiger partial charge in [-0.3, -0.25) is 0 Å². The Bertz CT molecular complexity index is 198. The minimum Gasteiger partial charge on any atom is -0.447 e. The van der Waals surface area contributed by atoms with Gasteiger partial charge in [-0.05, 0) is 24.7 Å². The molecule has 0 aromatic carbocycles. The van der Waals surface area contributed by atoms with Gasteiger partial charge in [0.25, 0.3) is 0 Å². The van der Waals surface area contributed by atoms with Gasteiger partial charge < -0.3 is 20.3 Å². The molecule has 0 bridgehead atoms. The van der Waals surface area contributed by atoms with E-state index in [-0.39, 0.29) is 19.8 Å². The minimum atomic E-state index is -0.493. The van der Waals surface area contributed by atoms with Gasteiger partial charge in [0.15, 0.2) is 0 Å². The van der Waals surface area contributed by atoms with E-state index in [4.69, 9.17) is 10.2 Å². The molecule has 1 aliphatic rings. The normalized spacial score (nSPS) is 25.2. The van der Waals surface area contributed by atoms with Crippen LogP contribution in [0.4, 0.5) is 4.79 Å². The van der Waals surface area contributed by atoms with Crippen molar-refractivity contribution in [2.45, 2.75) is 19.3 Å². The average Bonchev–Trinajstić information content (AvgIpc) is 2.70. The lowest BCUT2D eigenvalue weighted by atomic mass is 9.97. The van der Waals surface area contributed by atoms with E-state index in [0.29, 0.717) is 18.4 Å². The number of alkyl carbamates (subject to hydrolysis) is 1. The molecule has 2 unspecified atom stereocenters. The molecule has 1 fully saturated rings. The molecule has 3 N–H and O–H groups in total. The molecular weight excluding hydrogens is 198 g/mol. The van der Waals surface area contributed by atoms with Crippen molar-refractivity contribution in [2.24, 2.45) is 11.8 Å². The quantitative estimate of drug-likeness (QED) is 0.611. The molecule has 0 aromatic heterocycles. The van der Waals surface area contributed by atoms with Crippen LogP contribution in [0.2, 0.25) is 0 Å². The van der Waals surface area contributed by atoms with Gasteiger partial charge in [0.1, 0.15) is 6.61 Å². The zero-order valence-corrected chi connectivity index (χ0v) is 8.82. The molecule has 5 nitrogen and oxygen atoms in total. The van der Waals surface area contributed by atoms with Crippen molar-refractivity contribution in [1.29, 1.82) is 0 Å². The van der Waals surface area contributed by atoms with Crippen molar-refractivity contribution < 1.29 is 19.7 Å². The van der Waals surface area contributed by atoms with Crippen LogP contribution in [0.1, 0.15) is 19.3 Å². The maximum atomic E-state index is 11.0. The van der Waals surface area contributed by atoms with Crippen LogP contribution in [0.3, 0.4) is 0 Å². The fourth-order valence-corrected chi connectivity index (χ4v) is 2.03. The van der Waals surface area contributed by atoms with Crippen LogP contribution in [0, 0.1) is 11.8 Å². The van der Waals surface area contributed by atoms with Crippen molar-refractivity contribution in [2.75, 3.05) is 26.4 Å². The summed E-state index contributed by atoms with van der Waals surface area (Å²) in [5.74, 6) is 0.666. The first-order valence-electron chi connectivity index (χ1n) is 5.40. The third kappa shape index (κ3) is 4.05. The molecule has 0 heterocycles. The number of aliphatic hydroxyl groups excluding tert-OH is 2. The second-order valence-corrected chi connectivity index (χ2v) is 3.87. The summed E-state index contributed by atoms with van der Waals surface area (Å²) < 4.78 is 4.66. The van der Waals surface area contributed by atoms with Crippen molar-refractivity contribution in [3.8, 4) is 0 Å². The van der Waals surface area contributed by atoms with Crippen LogP contribution in [0.15, 0.2) is 0 Å². The molecule has 0 saturated heterocycles. The highest BCUT2D eigenvalue weighted by Crippen LogP contribution is 2.30. The fraction of sp³-hybridized carbons (Fsp3) is 0.900. The van der Waals surface area contributed by atoms with E-state index in [1.54, 1.807) is 0 Å². The molecule has 2 atom stereocenters. The van der Waals surface area contributed by atoms with Gasteiger partial charge in [0.2, 0.25) is 0 Å². The van der Waals surface area contributed by atoms with Gasteiger partial charge in [-0.15, -0.1) is 0 Å². The first kappa shape index (κ1) is 12.3. The molecule has 5 heteroatoms. The number of carbonyl (C=O) groups excluding carboxylic acids is 1. The lowest BCUT2D eigenvalue weighted by Crippen LogP contribution is -2.32. The summed E-state index contributed by atoms with van der Waals surface area (Å²) in [5, 5.41) is 20.1. The van der Waals surface area contributed by atoms with Crippen LogP contribution in [-0.4, -0.2) is 42.7 Å². The Morgan fingerprint density at radius 2 is 2.07 bits per heavy atom. The van der Waals surface area contributed by atoms with Gasteiger partial charge in [0, 0.05) is 13.2 Å². The molecule has 1 rings (SSSR count). The van der Waals surface area contributed by atoms with E-state index in [2.05, 4.69) is 10.1 Å². The standard InChI is InChI=1S/C10H19NO4/c12-4-5-15-10(14)11-6-8-2-1-3-9(8)7-13/h8-9,12-13H,1-7H2,(H,11,14). The number of aliphatic hydroxyl groups is 2. The van der Waals surface area contributed by atoms with Gasteiger partial charge in [-0.25, -0.2) is 4.79 Å². The van der Waals surface area contributed by atoms with Gasteiger partial charge in [-0.2, -0.15) is 0 Å². The first-order valence-corrected chi connectivity index (χ1v) is 5.40. The predicted molar refractivity (Wildman–Crippen MR) is 54.4 cm³/mol. The first-order chi connectivity index (χ1) is 7.27. The van der Waals surface area contributed by atoms with Crippen LogP contribution < -0.4 is 5.32 Å². The molecule has 0 spiro atoms. The van der Waals surface area contributed by atoms with E-state index in [0.717, 1.165) is 19.3 Å². The lowest BCUT2D eigenvalue weighted by Gasteiger charge is -2.17. The summed E-state index contributed by atoms with van der Waals surface area (Å²) in [5.41, 5.74) is 0. The fourth-order valence-electron chi connectivity index (χ4n) is 2.03. The number of ether oxygens (including phenoxy) is 1. The number of amides is 1. The lowest BCUT2D eigenvalue weighted by molar-refractivity contribution is 0.116. The molecule has 88 valence electrons. The molecule has 1 aliphatic carbocycles. The third-order valence-electron chi connectivity index (χ3n) is 2.88. The van der Waals surface area contributed by atoms with E-state index in [1.165, 1.54) is 0 Å². The van der Waals surface area contributed by atoms with Crippen LogP contribution in [-0.2, 0) is 4.74 Å². The highest BCUT2D eigenvalue weighted by Gasteiger charge is 2.26. The van der Waals surface area contributed by atoms with E-state index >= 15 is 0 Å². The minimum absolute atomic E-state index is 0.0277. The molecule has 1 saturated carbocycles. The monoisotopic (exact) mass is 217 g/mol. The number of rotatable bonds is 5. The van der Waals surface area contributed by atoms with Gasteiger partial charge >= 0.3 is 6.09 Å². The van der Waals surface area contributed by atoms with Crippen molar-refractivity contribution in [1.82, 2.24) is 5.32 Å². The molecule has 15 heavy (non-hydrogen) atoms. The second-order valence-electron chi connectivity index (χ2n) is 3.87. The Kier molecular flexibility index (Phi) is 5.42. The number of hydrogen-bond acceptors (Lipinski definition) is 4. The average molecular weight is 217 g/mol. The van der Waals surface area contributed by atoms with Crippen LogP contribution in [0.25, 0.3) is 0 Å². The summed E-state index contributed by atoms with van der Waals surface area (Å²) in [7, 11) is 0. The van der Waals surface area contributed by atoms with Crippen LogP contribution in [0.5, 0.6) is 0 Å². The van der Waals surface area contributed by atoms with E-state index in [1.807, 2.05) is 0 Å². The maximum Gasteiger partial charge on any atom is 0.407 e. The number of nitrogens with one attached hydrogen (secondary N) is 1. The third-order valence-corrected chi connectivity index (χ3v) is 2.88. The molecule has 1 amide bonds. The predicted octanol–water partition coefficient (Wildman–Crippen LogP) is 0.113. The number of hydrogen-bond donors (Lipinski definition) is 3. The molecule has 0 radical (unpaired) electrons. The molecule has 0 aromatic rings. The summed E-state index contributed by atoms with van der Waals surface area (Å²) in [6, 6.07) is 0. The maximum absolute atomic E-state index is 11.0. The Hall–Kier alpha value is -0.810. The Labute approximate surface area is 89.4 Å². The Balaban J connectivity index is 2.15. The summed E-state index contributed by atoms with van der Waals surface area (Å²) >= 11 is 0. The molecular formula is C10H19NO4. The SMILES string of the molecule is O=C(NCC1CCCC1CO)OCCO. The zero-order valence-electron chi connectivity index (χ0n) is 8.82. The Morgan fingerprint density at radius 1 is 1.33 bits per heavy atom. The van der Waals surface area contributed by atoms with E-state index < -0.39 is 6.09 Å². The van der Waals surface area contributed by atoms with Crippen LogP contribution >= 0.6 is 0 Å². The largest absolute Gasteiger partial charge is 0.447 e. The van der Waals surface area contributed by atoms with Gasteiger partial charge in [0.05, 0.1) is 6.61 Å². The summed E-state index contributed by atoms with van der Waals surface area (Å²) in [6.07, 6.45) is 2.70. The summed E-state index contributed by atoms with van der Waals surface area (Å²) in [6.45, 7) is 0.615. The smallest absolute Gasteiger partial charge is 0.407 e. The second kappa shape index (κ2) is 6.63. The highest BCUT2D eigenvalue weighted by atomic mass is 16.6. The zero-order chi connectivity index (χ0) is 11.1. The topological polar surface area (TPSA) is 78.8 Å². The van der Waals surface area contributed by atoms with E-state index in [9.17, 15) is 4.79 Å². The van der Waals surface area contributed by atoms with Crippen molar-refractivity contribution in [3.63, 3.8) is 0 Å². The summed E-state index contributed by atoms with van der Waals surface area (Å²) in [4.78, 5) is 11.0. The highest BCUT2D eigenvalue weighted by molar-refractivity contribution is 5.67. The van der Waals surface area contributed by atoms with Crippen molar-refractivity contribution >= 4 is 6.09 Å². The Morgan fingerprint density at radius 3 is 2.73 bits per heavy atom. The van der Waals surface area contributed by atoms with Gasteiger partial charge in [-0.1, -0.05) is 6.42 Å².